The summed E-state index contributed by atoms with van der Waals surface area (Å²) >= 11 is 5.91. The van der Waals surface area contributed by atoms with Crippen LogP contribution in [0, 0.1) is 0 Å². The second kappa shape index (κ2) is 4.03. The van der Waals surface area contributed by atoms with E-state index in [4.69, 9.17) is 11.6 Å². The van der Waals surface area contributed by atoms with Crippen molar-refractivity contribution in [1.29, 1.82) is 0 Å². The minimum atomic E-state index is 0.675. The smallest absolute Gasteiger partial charge is 0.182 e. The quantitative estimate of drug-likeness (QED) is 0.753. The van der Waals surface area contributed by atoms with Gasteiger partial charge in [-0.15, -0.1) is 0 Å². The highest BCUT2D eigenvalue weighted by Gasteiger charge is 2.03. The molecule has 0 saturated carbocycles. The maximum absolute atomic E-state index is 5.91. The maximum atomic E-state index is 5.91. The van der Waals surface area contributed by atoms with E-state index in [0.717, 1.165) is 16.9 Å². The zero-order valence-corrected chi connectivity index (χ0v) is 9.46. The van der Waals surface area contributed by atoms with Gasteiger partial charge < -0.3 is 0 Å². The van der Waals surface area contributed by atoms with E-state index in [1.54, 1.807) is 17.2 Å². The molecule has 5 nitrogen and oxygen atoms in total. The predicted octanol–water partition coefficient (Wildman–Crippen LogP) is 2.35. The van der Waals surface area contributed by atoms with E-state index in [9.17, 15) is 0 Å². The molecule has 17 heavy (non-hydrogen) atoms. The minimum absolute atomic E-state index is 0.675. The van der Waals surface area contributed by atoms with Crippen molar-refractivity contribution in [3.8, 4) is 0 Å². The lowest BCUT2D eigenvalue weighted by molar-refractivity contribution is 0.967. The van der Waals surface area contributed by atoms with Gasteiger partial charge in [0.15, 0.2) is 5.65 Å². The van der Waals surface area contributed by atoms with Crippen LogP contribution >= 0.6 is 11.6 Å². The molecule has 6 heteroatoms. The first-order valence-corrected chi connectivity index (χ1v) is 5.36. The highest BCUT2D eigenvalue weighted by molar-refractivity contribution is 6.30. The summed E-state index contributed by atoms with van der Waals surface area (Å²) in [6.07, 6.45) is 4.80. The van der Waals surface area contributed by atoms with Crippen molar-refractivity contribution in [1.82, 2.24) is 19.6 Å². The van der Waals surface area contributed by atoms with E-state index in [2.05, 4.69) is 20.4 Å². The molecule has 1 aromatic carbocycles. The number of hydrogen-bond donors (Lipinski definition) is 1. The molecule has 1 N–H and O–H groups in total. The van der Waals surface area contributed by atoms with Gasteiger partial charge in [-0.1, -0.05) is 17.7 Å². The molecule has 3 aromatic rings. The lowest BCUT2D eigenvalue weighted by Crippen LogP contribution is -2.07. The number of anilines is 1. The lowest BCUT2D eigenvalue weighted by atomic mass is 10.3. The van der Waals surface area contributed by atoms with Crippen molar-refractivity contribution in [2.24, 2.45) is 0 Å². The van der Waals surface area contributed by atoms with Crippen LogP contribution < -0.4 is 5.43 Å². The summed E-state index contributed by atoms with van der Waals surface area (Å²) in [6, 6.07) is 7.44. The van der Waals surface area contributed by atoms with Crippen molar-refractivity contribution >= 4 is 28.5 Å². The molecular weight excluding hydrogens is 238 g/mol. The van der Waals surface area contributed by atoms with Gasteiger partial charge >= 0.3 is 0 Å². The van der Waals surface area contributed by atoms with E-state index in [0.29, 0.717) is 5.02 Å². The third-order valence-corrected chi connectivity index (χ3v) is 2.52. The molecule has 0 aliphatic carbocycles. The van der Waals surface area contributed by atoms with Crippen LogP contribution in [0.4, 0.5) is 5.69 Å². The monoisotopic (exact) mass is 245 g/mol. The zero-order chi connectivity index (χ0) is 11.7. The third kappa shape index (κ3) is 1.92. The van der Waals surface area contributed by atoms with Crippen LogP contribution in [-0.4, -0.2) is 19.6 Å². The zero-order valence-electron chi connectivity index (χ0n) is 8.71. The van der Waals surface area contributed by atoms with E-state index in [1.165, 1.54) is 6.33 Å². The molecule has 2 aromatic heterocycles. The van der Waals surface area contributed by atoms with Gasteiger partial charge in [-0.05, 0) is 18.2 Å². The number of halogens is 1. The number of benzene rings is 1. The maximum Gasteiger partial charge on any atom is 0.182 e. The fourth-order valence-corrected chi connectivity index (χ4v) is 1.74. The second-order valence-electron chi connectivity index (χ2n) is 3.47. The molecule has 0 unspecified atom stereocenters. The molecule has 0 amide bonds. The fraction of sp³-hybridized carbons (Fsp3) is 0. The molecule has 0 saturated heterocycles. The Kier molecular flexibility index (Phi) is 2.38. The summed E-state index contributed by atoms with van der Waals surface area (Å²) in [4.78, 5) is 12.2. The summed E-state index contributed by atoms with van der Waals surface area (Å²) in [5.41, 5.74) is 5.48. The molecule has 0 bridgehead atoms. The van der Waals surface area contributed by atoms with Gasteiger partial charge in [-0.2, -0.15) is 0 Å². The SMILES string of the molecule is Clc1cccc(Nn2cnc3cncnc32)c1. The van der Waals surface area contributed by atoms with E-state index < -0.39 is 0 Å². The number of fused-ring (bicyclic) bond motifs is 1. The first-order chi connectivity index (χ1) is 8.33. The van der Waals surface area contributed by atoms with Gasteiger partial charge in [0, 0.05) is 5.02 Å². The Balaban J connectivity index is 2.00. The Morgan fingerprint density at radius 2 is 2.18 bits per heavy atom. The molecule has 2 heterocycles. The van der Waals surface area contributed by atoms with Crippen LogP contribution in [-0.2, 0) is 0 Å². The van der Waals surface area contributed by atoms with Crippen LogP contribution in [0.5, 0.6) is 0 Å². The largest absolute Gasteiger partial charge is 0.291 e. The molecule has 0 radical (unpaired) electrons. The number of nitrogens with zero attached hydrogens (tertiary/aromatic N) is 4. The number of imidazole rings is 1. The van der Waals surface area contributed by atoms with Crippen molar-refractivity contribution in [2.75, 3.05) is 5.43 Å². The molecule has 0 aliphatic heterocycles. The first kappa shape index (κ1) is 10.0. The van der Waals surface area contributed by atoms with Gasteiger partial charge in [0.25, 0.3) is 0 Å². The van der Waals surface area contributed by atoms with Gasteiger partial charge in [-0.3, -0.25) is 5.43 Å². The average Bonchev–Trinajstić information content (AvgIpc) is 2.73. The number of aromatic nitrogens is 4. The van der Waals surface area contributed by atoms with E-state index >= 15 is 0 Å². The van der Waals surface area contributed by atoms with Crippen LogP contribution in [0.1, 0.15) is 0 Å². The molecule has 0 aliphatic rings. The molecule has 84 valence electrons. The Hall–Kier alpha value is -2.14. The van der Waals surface area contributed by atoms with Crippen LogP contribution in [0.15, 0.2) is 43.1 Å². The molecule has 0 spiro atoms. The Morgan fingerprint density at radius 3 is 3.06 bits per heavy atom. The highest BCUT2D eigenvalue weighted by atomic mass is 35.5. The van der Waals surface area contributed by atoms with Gasteiger partial charge in [0.2, 0.25) is 0 Å². The topological polar surface area (TPSA) is 55.6 Å². The van der Waals surface area contributed by atoms with Crippen molar-refractivity contribution < 1.29 is 0 Å². The Morgan fingerprint density at radius 1 is 1.24 bits per heavy atom. The summed E-state index contributed by atoms with van der Waals surface area (Å²) < 4.78 is 1.72. The molecule has 0 fully saturated rings. The van der Waals surface area contributed by atoms with Gasteiger partial charge in [-0.25, -0.2) is 19.6 Å². The second-order valence-corrected chi connectivity index (χ2v) is 3.90. The predicted molar refractivity (Wildman–Crippen MR) is 65.8 cm³/mol. The molecule has 0 atom stereocenters. The fourth-order valence-electron chi connectivity index (χ4n) is 1.55. The summed E-state index contributed by atoms with van der Waals surface area (Å²) in [7, 11) is 0. The molecule has 3 rings (SSSR count). The Bertz CT molecular complexity index is 664. The van der Waals surface area contributed by atoms with Gasteiger partial charge in [0.05, 0.1) is 11.9 Å². The average molecular weight is 246 g/mol. The lowest BCUT2D eigenvalue weighted by Gasteiger charge is -2.07. The van der Waals surface area contributed by atoms with Crippen LogP contribution in [0.3, 0.4) is 0 Å². The first-order valence-electron chi connectivity index (χ1n) is 4.98. The summed E-state index contributed by atoms with van der Waals surface area (Å²) in [6.45, 7) is 0. The molecular formula is C11H8ClN5. The third-order valence-electron chi connectivity index (χ3n) is 2.29. The highest BCUT2D eigenvalue weighted by Crippen LogP contribution is 2.16. The van der Waals surface area contributed by atoms with Crippen molar-refractivity contribution in [2.45, 2.75) is 0 Å². The normalized spacial score (nSPS) is 10.6. The number of nitrogens with one attached hydrogen (secondary N) is 1. The van der Waals surface area contributed by atoms with Crippen molar-refractivity contribution in [3.05, 3.63) is 48.1 Å². The summed E-state index contributed by atoms with van der Waals surface area (Å²) in [5, 5.41) is 0.675. The summed E-state index contributed by atoms with van der Waals surface area (Å²) in [5.74, 6) is 0. The van der Waals surface area contributed by atoms with Crippen molar-refractivity contribution in [3.63, 3.8) is 0 Å². The minimum Gasteiger partial charge on any atom is -0.291 e. The van der Waals surface area contributed by atoms with Crippen LogP contribution in [0.25, 0.3) is 11.2 Å². The van der Waals surface area contributed by atoms with E-state index in [1.807, 2.05) is 24.3 Å². The van der Waals surface area contributed by atoms with E-state index in [-0.39, 0.29) is 0 Å². The number of rotatable bonds is 2. The Labute approximate surface area is 102 Å². The van der Waals surface area contributed by atoms with Gasteiger partial charge in [0.1, 0.15) is 18.2 Å². The van der Waals surface area contributed by atoms with Crippen LogP contribution in [0.2, 0.25) is 5.02 Å². The number of hydrogen-bond acceptors (Lipinski definition) is 4. The standard InChI is InChI=1S/C11H8ClN5/c12-8-2-1-3-9(4-8)16-17-7-15-10-5-13-6-14-11(10)17/h1-7,16H.